The smallest absolute Gasteiger partial charge is 0.245 e. The number of carbonyl (C=O) groups excluding carboxylic acids is 3. The number of hydrogen-bond donors (Lipinski definition) is 2. The molecule has 1 heterocycles. The molecule has 1 saturated heterocycles. The van der Waals surface area contributed by atoms with E-state index < -0.39 is 18.0 Å². The van der Waals surface area contributed by atoms with Gasteiger partial charge < -0.3 is 16.0 Å². The van der Waals surface area contributed by atoms with Crippen LogP contribution in [0.4, 0.5) is 0 Å². The van der Waals surface area contributed by atoms with Gasteiger partial charge in [0.2, 0.25) is 17.7 Å². The molecule has 1 aliphatic rings. The molecule has 0 aromatic heterocycles. The molecule has 116 valence electrons. The Labute approximate surface area is 121 Å². The fourth-order valence-corrected chi connectivity index (χ4v) is 2.11. The molecule has 1 aliphatic heterocycles. The maximum Gasteiger partial charge on any atom is 0.245 e. The van der Waals surface area contributed by atoms with Gasteiger partial charge in [0.25, 0.3) is 0 Å². The van der Waals surface area contributed by atoms with Gasteiger partial charge in [-0.05, 0) is 26.2 Å². The molecule has 6 nitrogen and oxygen atoms in total. The average Bonchev–Trinajstić information content (AvgIpc) is 2.38. The molecular formula is C14H27N3O3. The van der Waals surface area contributed by atoms with Crippen molar-refractivity contribution in [1.82, 2.24) is 10.2 Å². The summed E-state index contributed by atoms with van der Waals surface area (Å²) in [5, 5.41) is 2.52. The summed E-state index contributed by atoms with van der Waals surface area (Å²) in [4.78, 5) is 35.7. The predicted octanol–water partition coefficient (Wildman–Crippen LogP) is 0.794. The quantitative estimate of drug-likeness (QED) is 0.803. The van der Waals surface area contributed by atoms with Crippen LogP contribution in [0.3, 0.4) is 0 Å². The Balaban J connectivity index is 0.00000110. The molecule has 0 aromatic carbocycles. The highest BCUT2D eigenvalue weighted by molar-refractivity contribution is 5.91. The first-order chi connectivity index (χ1) is 9.34. The average molecular weight is 285 g/mol. The van der Waals surface area contributed by atoms with Gasteiger partial charge in [-0.1, -0.05) is 20.3 Å². The zero-order valence-electron chi connectivity index (χ0n) is 12.9. The lowest BCUT2D eigenvalue weighted by Gasteiger charge is -2.35. The first kappa shape index (κ1) is 18.4. The monoisotopic (exact) mass is 285 g/mol. The van der Waals surface area contributed by atoms with E-state index in [9.17, 15) is 14.4 Å². The topological polar surface area (TPSA) is 92.5 Å². The highest BCUT2D eigenvalue weighted by Gasteiger charge is 2.32. The Hall–Kier alpha value is -1.59. The summed E-state index contributed by atoms with van der Waals surface area (Å²) in [5.41, 5.74) is 5.28. The second-order valence-corrected chi connectivity index (χ2v) is 5.07. The molecule has 20 heavy (non-hydrogen) atoms. The number of rotatable bonds is 3. The lowest BCUT2D eigenvalue weighted by atomic mass is 10.0. The number of piperidine rings is 1. The first-order valence-electron chi connectivity index (χ1n) is 7.21. The van der Waals surface area contributed by atoms with E-state index in [-0.39, 0.29) is 11.8 Å². The van der Waals surface area contributed by atoms with Crippen LogP contribution in [-0.4, -0.2) is 41.2 Å². The van der Waals surface area contributed by atoms with Crippen molar-refractivity contribution in [3.05, 3.63) is 0 Å². The lowest BCUT2D eigenvalue weighted by Crippen LogP contribution is -2.55. The molecular weight excluding hydrogens is 258 g/mol. The molecule has 3 N–H and O–H groups in total. The minimum atomic E-state index is -0.618. The Kier molecular flexibility index (Phi) is 8.59. The van der Waals surface area contributed by atoms with E-state index in [0.717, 1.165) is 12.8 Å². The lowest BCUT2D eigenvalue weighted by molar-refractivity contribution is -0.143. The van der Waals surface area contributed by atoms with Gasteiger partial charge in [0.1, 0.15) is 12.1 Å². The van der Waals surface area contributed by atoms with Crippen LogP contribution in [0.25, 0.3) is 0 Å². The Morgan fingerprint density at radius 2 is 1.85 bits per heavy atom. The summed E-state index contributed by atoms with van der Waals surface area (Å²) in [6, 6.07) is -1.15. The van der Waals surface area contributed by atoms with Crippen LogP contribution in [0.2, 0.25) is 0 Å². The molecule has 2 atom stereocenters. The van der Waals surface area contributed by atoms with Gasteiger partial charge in [0.05, 0.1) is 0 Å². The Bertz CT molecular complexity index is 345. The molecule has 1 fully saturated rings. The van der Waals surface area contributed by atoms with Crippen LogP contribution in [0.5, 0.6) is 0 Å². The number of nitrogens with one attached hydrogen (secondary N) is 1. The molecule has 0 radical (unpaired) electrons. The number of hydrogen-bond acceptors (Lipinski definition) is 3. The summed E-state index contributed by atoms with van der Waals surface area (Å²) in [6.07, 6.45) is 3.61. The van der Waals surface area contributed by atoms with Crippen LogP contribution >= 0.6 is 0 Å². The van der Waals surface area contributed by atoms with Crippen molar-refractivity contribution in [3.8, 4) is 0 Å². The summed E-state index contributed by atoms with van der Waals surface area (Å²) >= 11 is 0. The predicted molar refractivity (Wildman–Crippen MR) is 77.8 cm³/mol. The number of nitrogens with two attached hydrogens (primary N) is 1. The largest absolute Gasteiger partial charge is 0.368 e. The van der Waals surface area contributed by atoms with Crippen molar-refractivity contribution < 1.29 is 14.4 Å². The molecule has 6 heteroatoms. The van der Waals surface area contributed by atoms with Crippen LogP contribution in [0.1, 0.15) is 53.4 Å². The van der Waals surface area contributed by atoms with Crippen LogP contribution in [-0.2, 0) is 14.4 Å². The molecule has 0 aliphatic carbocycles. The number of likely N-dealkylation sites (tertiary alicyclic amines) is 1. The van der Waals surface area contributed by atoms with Crippen molar-refractivity contribution in [2.45, 2.75) is 65.5 Å². The number of amides is 3. The maximum absolute atomic E-state index is 12.1. The molecule has 0 saturated carbocycles. The summed E-state index contributed by atoms with van der Waals surface area (Å²) < 4.78 is 0. The summed E-state index contributed by atoms with van der Waals surface area (Å²) in [7, 11) is 0. The second-order valence-electron chi connectivity index (χ2n) is 5.07. The van der Waals surface area contributed by atoms with E-state index >= 15 is 0 Å². The van der Waals surface area contributed by atoms with Gasteiger partial charge in [0.15, 0.2) is 0 Å². The standard InChI is InChI=1S/C11H19N3O3.C3H8/c1-7(13-8(2)15)11(17)14-6-4-3-5-9(14)10(12)16;1-3-2/h7,9H,3-6H2,1-2H3,(H2,12,16)(H,13,15);3H2,1-2H3/t7-,9-;/m0./s1. The molecule has 0 bridgehead atoms. The van der Waals surface area contributed by atoms with E-state index in [0.29, 0.717) is 13.0 Å². The maximum atomic E-state index is 12.1. The fraction of sp³-hybridized carbons (Fsp3) is 0.786. The molecule has 1 rings (SSSR count). The minimum absolute atomic E-state index is 0.247. The number of carbonyl (C=O) groups is 3. The Morgan fingerprint density at radius 3 is 2.30 bits per heavy atom. The molecule has 0 aromatic rings. The third kappa shape index (κ3) is 6.04. The van der Waals surface area contributed by atoms with E-state index in [1.54, 1.807) is 6.92 Å². The van der Waals surface area contributed by atoms with Crippen molar-refractivity contribution in [3.63, 3.8) is 0 Å². The van der Waals surface area contributed by atoms with Crippen molar-refractivity contribution in [2.75, 3.05) is 6.54 Å². The second kappa shape index (κ2) is 9.34. The SMILES string of the molecule is CC(=O)N[C@@H](C)C(=O)N1CCCC[C@H]1C(N)=O.CCC. The zero-order chi connectivity index (χ0) is 15.7. The highest BCUT2D eigenvalue weighted by atomic mass is 16.2. The third-order valence-electron chi connectivity index (χ3n) is 2.90. The number of nitrogens with zero attached hydrogens (tertiary/aromatic N) is 1. The van der Waals surface area contributed by atoms with Crippen molar-refractivity contribution in [2.24, 2.45) is 5.73 Å². The van der Waals surface area contributed by atoms with E-state index in [4.69, 9.17) is 5.73 Å². The Morgan fingerprint density at radius 1 is 1.30 bits per heavy atom. The molecule has 0 unspecified atom stereocenters. The fourth-order valence-electron chi connectivity index (χ4n) is 2.11. The zero-order valence-corrected chi connectivity index (χ0v) is 12.9. The van der Waals surface area contributed by atoms with Crippen molar-refractivity contribution >= 4 is 17.7 Å². The highest BCUT2D eigenvalue weighted by Crippen LogP contribution is 2.17. The summed E-state index contributed by atoms with van der Waals surface area (Å²) in [6.45, 7) is 7.73. The van der Waals surface area contributed by atoms with E-state index in [1.165, 1.54) is 18.2 Å². The van der Waals surface area contributed by atoms with Crippen molar-refractivity contribution in [1.29, 1.82) is 0 Å². The normalized spacial score (nSPS) is 19.4. The van der Waals surface area contributed by atoms with E-state index in [1.807, 2.05) is 0 Å². The van der Waals surface area contributed by atoms with Crippen LogP contribution < -0.4 is 11.1 Å². The van der Waals surface area contributed by atoms with Gasteiger partial charge in [-0.3, -0.25) is 14.4 Å². The number of primary amides is 1. The molecule has 3 amide bonds. The van der Waals surface area contributed by atoms with Gasteiger partial charge >= 0.3 is 0 Å². The van der Waals surface area contributed by atoms with Crippen LogP contribution in [0, 0.1) is 0 Å². The third-order valence-corrected chi connectivity index (χ3v) is 2.90. The first-order valence-corrected chi connectivity index (χ1v) is 7.21. The van der Waals surface area contributed by atoms with Gasteiger partial charge in [-0.2, -0.15) is 0 Å². The van der Waals surface area contributed by atoms with Crippen LogP contribution in [0.15, 0.2) is 0 Å². The van der Waals surface area contributed by atoms with Gasteiger partial charge in [-0.15, -0.1) is 0 Å². The van der Waals surface area contributed by atoms with Gasteiger partial charge in [0, 0.05) is 13.5 Å². The van der Waals surface area contributed by atoms with Gasteiger partial charge in [-0.25, -0.2) is 0 Å². The minimum Gasteiger partial charge on any atom is -0.368 e. The summed E-state index contributed by atoms with van der Waals surface area (Å²) in [5.74, 6) is -0.991. The molecule has 0 spiro atoms. The van der Waals surface area contributed by atoms with E-state index in [2.05, 4.69) is 19.2 Å².